The van der Waals surface area contributed by atoms with E-state index in [9.17, 15) is 9.18 Å². The standard InChI is InChI=1S/C10H8FN3OS/c11-8-3-1-7(2-4-8)9(15)5-16-10-12-6-13-14-10/h1-4,6H,5H2,(H,12,13,14). The Morgan fingerprint density at radius 1 is 1.38 bits per heavy atom. The van der Waals surface area contributed by atoms with E-state index >= 15 is 0 Å². The van der Waals surface area contributed by atoms with Gasteiger partial charge in [-0.25, -0.2) is 9.37 Å². The van der Waals surface area contributed by atoms with Crippen molar-refractivity contribution in [1.29, 1.82) is 0 Å². The van der Waals surface area contributed by atoms with Gasteiger partial charge in [-0.05, 0) is 24.3 Å². The quantitative estimate of drug-likeness (QED) is 0.652. The summed E-state index contributed by atoms with van der Waals surface area (Å²) < 4.78 is 12.6. The molecule has 0 spiro atoms. The minimum atomic E-state index is -0.348. The van der Waals surface area contributed by atoms with Gasteiger partial charge in [-0.3, -0.25) is 9.89 Å². The zero-order chi connectivity index (χ0) is 11.4. The summed E-state index contributed by atoms with van der Waals surface area (Å²) in [5, 5.41) is 6.90. The number of H-pyrrole nitrogens is 1. The average molecular weight is 237 g/mol. The molecule has 0 unspecified atom stereocenters. The lowest BCUT2D eigenvalue weighted by Gasteiger charge is -1.98. The van der Waals surface area contributed by atoms with Crippen LogP contribution < -0.4 is 0 Å². The van der Waals surface area contributed by atoms with Crippen LogP contribution in [0.1, 0.15) is 10.4 Å². The molecule has 0 saturated heterocycles. The fourth-order valence-corrected chi connectivity index (χ4v) is 1.79. The number of thioether (sulfide) groups is 1. The Kier molecular flexibility index (Phi) is 3.31. The molecule has 6 heteroatoms. The Morgan fingerprint density at radius 2 is 2.12 bits per heavy atom. The van der Waals surface area contributed by atoms with E-state index in [-0.39, 0.29) is 17.4 Å². The zero-order valence-electron chi connectivity index (χ0n) is 8.18. The molecule has 4 nitrogen and oxygen atoms in total. The van der Waals surface area contributed by atoms with Gasteiger partial charge in [0.05, 0.1) is 5.75 Å². The van der Waals surface area contributed by atoms with Gasteiger partial charge in [-0.2, -0.15) is 5.10 Å². The van der Waals surface area contributed by atoms with Crippen LogP contribution in [0.5, 0.6) is 0 Å². The lowest BCUT2D eigenvalue weighted by Crippen LogP contribution is -2.02. The largest absolute Gasteiger partial charge is 0.293 e. The molecule has 0 aliphatic carbocycles. The lowest BCUT2D eigenvalue weighted by molar-refractivity contribution is 0.102. The Morgan fingerprint density at radius 3 is 2.75 bits per heavy atom. The Bertz CT molecular complexity index is 469. The number of ketones is 1. The maximum absolute atomic E-state index is 12.6. The number of benzene rings is 1. The number of hydrogen-bond acceptors (Lipinski definition) is 4. The van der Waals surface area contributed by atoms with Crippen molar-refractivity contribution in [2.45, 2.75) is 5.16 Å². The second-order valence-corrected chi connectivity index (χ2v) is 3.97. The van der Waals surface area contributed by atoms with Crippen LogP contribution in [0.15, 0.2) is 35.7 Å². The summed E-state index contributed by atoms with van der Waals surface area (Å²) in [6.07, 6.45) is 1.38. The van der Waals surface area contributed by atoms with Gasteiger partial charge < -0.3 is 0 Å². The van der Waals surface area contributed by atoms with Gasteiger partial charge in [-0.15, -0.1) is 0 Å². The molecule has 0 aliphatic heterocycles. The number of nitrogens with zero attached hydrogens (tertiary/aromatic N) is 2. The molecule has 0 bridgehead atoms. The number of halogens is 1. The second kappa shape index (κ2) is 4.89. The van der Waals surface area contributed by atoms with E-state index in [1.807, 2.05) is 0 Å². The van der Waals surface area contributed by atoms with E-state index < -0.39 is 0 Å². The van der Waals surface area contributed by atoms with E-state index in [0.717, 1.165) is 0 Å². The third-order valence-corrected chi connectivity index (χ3v) is 2.78. The molecule has 0 radical (unpaired) electrons. The van der Waals surface area contributed by atoms with E-state index in [0.29, 0.717) is 10.7 Å². The molecule has 82 valence electrons. The smallest absolute Gasteiger partial charge is 0.183 e. The van der Waals surface area contributed by atoms with Gasteiger partial charge in [0.25, 0.3) is 0 Å². The lowest BCUT2D eigenvalue weighted by atomic mass is 10.1. The van der Waals surface area contributed by atoms with Gasteiger partial charge in [0.1, 0.15) is 12.1 Å². The van der Waals surface area contributed by atoms with E-state index in [4.69, 9.17) is 0 Å². The topological polar surface area (TPSA) is 58.6 Å². The molecule has 0 fully saturated rings. The number of carbonyl (C=O) groups excluding carboxylic acids is 1. The fraction of sp³-hybridized carbons (Fsp3) is 0.100. The van der Waals surface area contributed by atoms with Crippen LogP contribution in [0.3, 0.4) is 0 Å². The van der Waals surface area contributed by atoms with Crippen LogP contribution in [-0.2, 0) is 0 Å². The first-order valence-electron chi connectivity index (χ1n) is 4.52. The molecule has 16 heavy (non-hydrogen) atoms. The highest BCUT2D eigenvalue weighted by Gasteiger charge is 2.07. The van der Waals surface area contributed by atoms with Crippen molar-refractivity contribution in [2.75, 3.05) is 5.75 Å². The summed E-state index contributed by atoms with van der Waals surface area (Å²) in [6, 6.07) is 5.48. The van der Waals surface area contributed by atoms with Crippen molar-refractivity contribution < 1.29 is 9.18 Å². The normalized spacial score (nSPS) is 10.3. The van der Waals surface area contributed by atoms with Gasteiger partial charge in [0.15, 0.2) is 10.9 Å². The first kappa shape index (κ1) is 10.8. The second-order valence-electron chi connectivity index (χ2n) is 3.01. The van der Waals surface area contributed by atoms with E-state index in [1.165, 1.54) is 42.4 Å². The number of Topliss-reactive ketones (excluding diaryl/α,β-unsaturated/α-hetero) is 1. The highest BCUT2D eigenvalue weighted by molar-refractivity contribution is 7.99. The van der Waals surface area contributed by atoms with Gasteiger partial charge in [-0.1, -0.05) is 11.8 Å². The maximum atomic E-state index is 12.6. The van der Waals surface area contributed by atoms with Gasteiger partial charge in [0, 0.05) is 5.56 Å². The summed E-state index contributed by atoms with van der Waals surface area (Å²) in [6.45, 7) is 0. The third-order valence-electron chi connectivity index (χ3n) is 1.90. The van der Waals surface area contributed by atoms with Crippen molar-refractivity contribution in [2.24, 2.45) is 0 Å². The third kappa shape index (κ3) is 2.66. The number of carbonyl (C=O) groups is 1. The van der Waals surface area contributed by atoms with Crippen molar-refractivity contribution >= 4 is 17.5 Å². The molecule has 0 saturated carbocycles. The zero-order valence-corrected chi connectivity index (χ0v) is 9.00. The van der Waals surface area contributed by atoms with Crippen molar-refractivity contribution in [3.63, 3.8) is 0 Å². The minimum absolute atomic E-state index is 0.0681. The van der Waals surface area contributed by atoms with E-state index in [1.54, 1.807) is 0 Å². The number of aromatic amines is 1. The van der Waals surface area contributed by atoms with Gasteiger partial charge in [0.2, 0.25) is 0 Å². The molecule has 1 aromatic carbocycles. The van der Waals surface area contributed by atoms with Crippen LogP contribution in [0.4, 0.5) is 4.39 Å². The highest BCUT2D eigenvalue weighted by atomic mass is 32.2. The summed E-state index contributed by atoms with van der Waals surface area (Å²) in [5.74, 6) is -0.165. The number of aromatic nitrogens is 3. The first-order valence-corrected chi connectivity index (χ1v) is 5.51. The summed E-state index contributed by atoms with van der Waals surface area (Å²) in [4.78, 5) is 15.5. The van der Waals surface area contributed by atoms with Crippen molar-refractivity contribution in [1.82, 2.24) is 15.2 Å². The average Bonchev–Trinajstić information content (AvgIpc) is 2.80. The SMILES string of the molecule is O=C(CSc1ncn[nH]1)c1ccc(F)cc1. The van der Waals surface area contributed by atoms with Crippen LogP contribution in [0, 0.1) is 5.82 Å². The van der Waals surface area contributed by atoms with Crippen LogP contribution in [0.2, 0.25) is 0 Å². The van der Waals surface area contributed by atoms with Crippen molar-refractivity contribution in [3.05, 3.63) is 42.0 Å². The Balaban J connectivity index is 1.95. The predicted molar refractivity (Wildman–Crippen MR) is 57.8 cm³/mol. The molecule has 2 aromatic rings. The molecule has 1 heterocycles. The maximum Gasteiger partial charge on any atom is 0.183 e. The van der Waals surface area contributed by atoms with Crippen LogP contribution in [-0.4, -0.2) is 26.7 Å². The molecule has 1 N–H and O–H groups in total. The summed E-state index contributed by atoms with van der Waals surface area (Å²) >= 11 is 1.26. The molecule has 2 rings (SSSR count). The van der Waals surface area contributed by atoms with Gasteiger partial charge >= 0.3 is 0 Å². The molecular formula is C10H8FN3OS. The Hall–Kier alpha value is -1.69. The molecule has 0 atom stereocenters. The number of rotatable bonds is 4. The number of hydrogen-bond donors (Lipinski definition) is 1. The van der Waals surface area contributed by atoms with Crippen LogP contribution in [0.25, 0.3) is 0 Å². The molecule has 1 aromatic heterocycles. The fourth-order valence-electron chi connectivity index (χ4n) is 1.12. The summed E-state index contributed by atoms with van der Waals surface area (Å²) in [7, 11) is 0. The minimum Gasteiger partial charge on any atom is -0.293 e. The first-order chi connectivity index (χ1) is 7.75. The van der Waals surface area contributed by atoms with Crippen molar-refractivity contribution in [3.8, 4) is 0 Å². The van der Waals surface area contributed by atoms with E-state index in [2.05, 4.69) is 15.2 Å². The number of nitrogens with one attached hydrogen (secondary N) is 1. The molecule has 0 amide bonds. The molecule has 0 aliphatic rings. The highest BCUT2D eigenvalue weighted by Crippen LogP contribution is 2.13. The monoisotopic (exact) mass is 237 g/mol. The Labute approximate surface area is 95.3 Å². The molecular weight excluding hydrogens is 229 g/mol. The predicted octanol–water partition coefficient (Wildman–Crippen LogP) is 1.92. The summed E-state index contributed by atoms with van der Waals surface area (Å²) in [5.41, 5.74) is 0.494. The van der Waals surface area contributed by atoms with Crippen LogP contribution >= 0.6 is 11.8 Å².